The summed E-state index contributed by atoms with van der Waals surface area (Å²) in [4.78, 5) is 2.24. The second kappa shape index (κ2) is 8.58. The second-order valence-corrected chi connectivity index (χ2v) is 2.81. The second-order valence-electron chi connectivity index (χ2n) is 2.81. The van der Waals surface area contributed by atoms with Gasteiger partial charge in [-0.15, -0.1) is 12.3 Å². The van der Waals surface area contributed by atoms with E-state index in [4.69, 9.17) is 11.2 Å². The van der Waals surface area contributed by atoms with Gasteiger partial charge in [0.15, 0.2) is 0 Å². The number of nitrogens with zero attached hydrogens (tertiary/aromatic N) is 1. The predicted molar refractivity (Wildman–Crippen MR) is 52.1 cm³/mol. The molecule has 12 heavy (non-hydrogen) atoms. The normalized spacial score (nSPS) is 10.2. The lowest BCUT2D eigenvalue weighted by molar-refractivity contribution is 0.122. The molecule has 2 heteroatoms. The zero-order valence-corrected chi connectivity index (χ0v) is 8.18. The Balaban J connectivity index is 3.11. The highest BCUT2D eigenvalue weighted by Crippen LogP contribution is 1.91. The van der Waals surface area contributed by atoms with Crippen molar-refractivity contribution >= 4 is 0 Å². The van der Waals surface area contributed by atoms with Gasteiger partial charge in [-0.05, 0) is 26.9 Å². The molecule has 0 atom stereocenters. The van der Waals surface area contributed by atoms with E-state index in [9.17, 15) is 0 Å². The van der Waals surface area contributed by atoms with Crippen LogP contribution >= 0.6 is 0 Å². The number of rotatable bonds is 7. The van der Waals surface area contributed by atoms with E-state index in [1.165, 1.54) is 0 Å². The van der Waals surface area contributed by atoms with Gasteiger partial charge < -0.3 is 9.64 Å². The Bertz CT molecular complexity index is 128. The maximum absolute atomic E-state index is 5.23. The van der Waals surface area contributed by atoms with Crippen molar-refractivity contribution in [1.82, 2.24) is 4.90 Å². The molecule has 0 fully saturated rings. The topological polar surface area (TPSA) is 12.5 Å². The van der Waals surface area contributed by atoms with Crippen molar-refractivity contribution in [2.24, 2.45) is 0 Å². The summed E-state index contributed by atoms with van der Waals surface area (Å²) in [6, 6.07) is 0. The van der Waals surface area contributed by atoms with E-state index in [-0.39, 0.29) is 0 Å². The van der Waals surface area contributed by atoms with Crippen LogP contribution in [0.4, 0.5) is 0 Å². The third-order valence-electron chi connectivity index (χ3n) is 1.68. The van der Waals surface area contributed by atoms with Crippen molar-refractivity contribution < 1.29 is 4.74 Å². The standard InChI is InChI=1S/C10H19NO/c1-4-6-7-8-11(3)9-10-12-5-2/h1H,5-10H2,2-3H3. The summed E-state index contributed by atoms with van der Waals surface area (Å²) < 4.78 is 5.23. The molecule has 0 rings (SSSR count). The molecule has 0 bridgehead atoms. The molecule has 0 N–H and O–H groups in total. The van der Waals surface area contributed by atoms with Gasteiger partial charge in [-0.1, -0.05) is 0 Å². The molecule has 0 aliphatic rings. The fourth-order valence-electron chi connectivity index (χ4n) is 0.928. The van der Waals surface area contributed by atoms with Gasteiger partial charge in [0, 0.05) is 19.6 Å². The third kappa shape index (κ3) is 7.59. The average Bonchev–Trinajstić information content (AvgIpc) is 2.06. The van der Waals surface area contributed by atoms with Crippen LogP contribution in [0.5, 0.6) is 0 Å². The summed E-state index contributed by atoms with van der Waals surface area (Å²) in [5.41, 5.74) is 0. The Hall–Kier alpha value is -0.520. The molecule has 0 aromatic carbocycles. The van der Waals surface area contributed by atoms with Crippen LogP contribution in [-0.2, 0) is 4.74 Å². The number of terminal acetylenes is 1. The summed E-state index contributed by atoms with van der Waals surface area (Å²) >= 11 is 0. The zero-order valence-electron chi connectivity index (χ0n) is 8.18. The van der Waals surface area contributed by atoms with Crippen LogP contribution in [0, 0.1) is 12.3 Å². The quantitative estimate of drug-likeness (QED) is 0.421. The van der Waals surface area contributed by atoms with Gasteiger partial charge >= 0.3 is 0 Å². The summed E-state index contributed by atoms with van der Waals surface area (Å²) in [5, 5.41) is 0. The van der Waals surface area contributed by atoms with E-state index in [1.807, 2.05) is 6.92 Å². The molecule has 0 saturated heterocycles. The zero-order chi connectivity index (χ0) is 9.23. The number of likely N-dealkylation sites (N-methyl/N-ethyl adjacent to an activating group) is 1. The minimum atomic E-state index is 0.804. The van der Waals surface area contributed by atoms with Gasteiger partial charge in [0.25, 0.3) is 0 Å². The molecule has 0 aromatic rings. The van der Waals surface area contributed by atoms with Crippen LogP contribution in [0.25, 0.3) is 0 Å². The van der Waals surface area contributed by atoms with Gasteiger partial charge in [0.1, 0.15) is 0 Å². The van der Waals surface area contributed by atoms with E-state index < -0.39 is 0 Å². The molecule has 0 aromatic heterocycles. The molecule has 0 saturated carbocycles. The van der Waals surface area contributed by atoms with Crippen LogP contribution in [0.1, 0.15) is 19.8 Å². The molecule has 0 spiro atoms. The minimum Gasteiger partial charge on any atom is -0.380 e. The highest BCUT2D eigenvalue weighted by Gasteiger charge is 1.95. The third-order valence-corrected chi connectivity index (χ3v) is 1.68. The molecule has 0 aliphatic heterocycles. The molecule has 0 aliphatic carbocycles. The monoisotopic (exact) mass is 169 g/mol. The Morgan fingerprint density at radius 3 is 2.75 bits per heavy atom. The fourth-order valence-corrected chi connectivity index (χ4v) is 0.928. The average molecular weight is 169 g/mol. The van der Waals surface area contributed by atoms with Gasteiger partial charge in [-0.2, -0.15) is 0 Å². The molecule has 0 amide bonds. The lowest BCUT2D eigenvalue weighted by atomic mass is 10.3. The van der Waals surface area contributed by atoms with Crippen molar-refractivity contribution in [2.45, 2.75) is 19.8 Å². The summed E-state index contributed by atoms with van der Waals surface area (Å²) in [7, 11) is 2.09. The molecular formula is C10H19NO. The van der Waals surface area contributed by atoms with Crippen LogP contribution in [0.15, 0.2) is 0 Å². The van der Waals surface area contributed by atoms with E-state index >= 15 is 0 Å². The van der Waals surface area contributed by atoms with Gasteiger partial charge in [-0.25, -0.2) is 0 Å². The number of unbranched alkanes of at least 4 members (excludes halogenated alkanes) is 1. The summed E-state index contributed by atoms with van der Waals surface area (Å²) in [6.45, 7) is 5.70. The lowest BCUT2D eigenvalue weighted by Crippen LogP contribution is -2.24. The molecule has 2 nitrogen and oxygen atoms in total. The first-order chi connectivity index (χ1) is 5.81. The molecule has 0 heterocycles. The molecule has 70 valence electrons. The Morgan fingerprint density at radius 2 is 2.17 bits per heavy atom. The smallest absolute Gasteiger partial charge is 0.0593 e. The van der Waals surface area contributed by atoms with Crippen LogP contribution in [0.3, 0.4) is 0 Å². The maximum Gasteiger partial charge on any atom is 0.0593 e. The summed E-state index contributed by atoms with van der Waals surface area (Å²) in [6.07, 6.45) is 7.10. The summed E-state index contributed by atoms with van der Waals surface area (Å²) in [5.74, 6) is 2.63. The van der Waals surface area contributed by atoms with E-state index in [0.717, 1.165) is 39.1 Å². The number of hydrogen-bond acceptors (Lipinski definition) is 2. The Labute approximate surface area is 75.9 Å². The van der Waals surface area contributed by atoms with Crippen molar-refractivity contribution in [3.8, 4) is 12.3 Å². The molecular weight excluding hydrogens is 150 g/mol. The fraction of sp³-hybridized carbons (Fsp3) is 0.800. The Kier molecular flexibility index (Phi) is 8.20. The highest BCUT2D eigenvalue weighted by molar-refractivity contribution is 4.83. The van der Waals surface area contributed by atoms with Gasteiger partial charge in [0.2, 0.25) is 0 Å². The molecule has 0 unspecified atom stereocenters. The van der Waals surface area contributed by atoms with Crippen LogP contribution in [-0.4, -0.2) is 38.3 Å². The van der Waals surface area contributed by atoms with E-state index in [0.29, 0.717) is 0 Å². The van der Waals surface area contributed by atoms with E-state index in [1.54, 1.807) is 0 Å². The molecule has 0 radical (unpaired) electrons. The predicted octanol–water partition coefficient (Wildman–Crippen LogP) is 1.37. The first-order valence-corrected chi connectivity index (χ1v) is 4.51. The van der Waals surface area contributed by atoms with Gasteiger partial charge in [-0.3, -0.25) is 0 Å². The largest absolute Gasteiger partial charge is 0.380 e. The number of hydrogen-bond donors (Lipinski definition) is 0. The lowest BCUT2D eigenvalue weighted by Gasteiger charge is -2.15. The van der Waals surface area contributed by atoms with Crippen molar-refractivity contribution in [2.75, 3.05) is 33.4 Å². The number of ether oxygens (including phenoxy) is 1. The minimum absolute atomic E-state index is 0.804. The highest BCUT2D eigenvalue weighted by atomic mass is 16.5. The van der Waals surface area contributed by atoms with Gasteiger partial charge in [0.05, 0.1) is 6.61 Å². The first-order valence-electron chi connectivity index (χ1n) is 4.51. The first kappa shape index (κ1) is 11.5. The van der Waals surface area contributed by atoms with Crippen molar-refractivity contribution in [1.29, 1.82) is 0 Å². The van der Waals surface area contributed by atoms with Crippen LogP contribution in [0.2, 0.25) is 0 Å². The van der Waals surface area contributed by atoms with E-state index in [2.05, 4.69) is 17.9 Å². The van der Waals surface area contributed by atoms with Crippen molar-refractivity contribution in [3.05, 3.63) is 0 Å². The SMILES string of the molecule is C#CCCCN(C)CCOCC. The van der Waals surface area contributed by atoms with Crippen molar-refractivity contribution in [3.63, 3.8) is 0 Å². The Morgan fingerprint density at radius 1 is 1.42 bits per heavy atom. The van der Waals surface area contributed by atoms with Crippen LogP contribution < -0.4 is 0 Å². The maximum atomic E-state index is 5.23.